The maximum absolute atomic E-state index is 12.0. The second-order valence-electron chi connectivity index (χ2n) is 4.28. The van der Waals surface area contributed by atoms with Crippen LogP contribution in [0.25, 0.3) is 0 Å². The second kappa shape index (κ2) is 6.85. The van der Waals surface area contributed by atoms with Gasteiger partial charge >= 0.3 is 11.9 Å². The molecule has 0 N–H and O–H groups in total. The van der Waals surface area contributed by atoms with Crippen LogP contribution >= 0.6 is 0 Å². The number of sulfonamides is 1. The molecule has 1 aliphatic rings. The summed E-state index contributed by atoms with van der Waals surface area (Å²) < 4.78 is 34.4. The molecule has 0 aliphatic carbocycles. The van der Waals surface area contributed by atoms with Gasteiger partial charge in [-0.25, -0.2) is 12.7 Å². The molecule has 1 rings (SSSR count). The minimum absolute atomic E-state index is 0.0639. The van der Waals surface area contributed by atoms with Crippen LogP contribution in [0.1, 0.15) is 19.8 Å². The highest BCUT2D eigenvalue weighted by Crippen LogP contribution is 2.20. The molecule has 19 heavy (non-hydrogen) atoms. The lowest BCUT2D eigenvalue weighted by molar-refractivity contribution is -0.146. The van der Waals surface area contributed by atoms with Crippen LogP contribution in [0.3, 0.4) is 0 Å². The fourth-order valence-corrected chi connectivity index (χ4v) is 3.38. The van der Waals surface area contributed by atoms with Gasteiger partial charge in [0.05, 0.1) is 19.6 Å². The Morgan fingerprint density at radius 1 is 1.37 bits per heavy atom. The number of carbonyl (C=O) groups excluding carboxylic acids is 2. The summed E-state index contributed by atoms with van der Waals surface area (Å²) in [6.45, 7) is 2.13. The van der Waals surface area contributed by atoms with Crippen molar-refractivity contribution < 1.29 is 27.5 Å². The smallest absolute Gasteiger partial charge is 0.322 e. The van der Waals surface area contributed by atoms with E-state index in [0.717, 1.165) is 4.31 Å². The van der Waals surface area contributed by atoms with Crippen LogP contribution < -0.4 is 0 Å². The van der Waals surface area contributed by atoms with Gasteiger partial charge in [-0.3, -0.25) is 9.59 Å². The number of esters is 2. The summed E-state index contributed by atoms with van der Waals surface area (Å²) in [6.07, 6.45) is 1.17. The molecule has 1 fully saturated rings. The lowest BCUT2D eigenvalue weighted by Gasteiger charge is -2.30. The molecule has 1 heterocycles. The molecule has 8 heteroatoms. The number of methoxy groups -OCH3 is 1. The quantitative estimate of drug-likeness (QED) is 0.650. The van der Waals surface area contributed by atoms with Gasteiger partial charge in [0.1, 0.15) is 0 Å². The van der Waals surface area contributed by atoms with Crippen LogP contribution in [0.5, 0.6) is 0 Å². The molecule has 0 spiro atoms. The number of ether oxygens (including phenoxy) is 2. The van der Waals surface area contributed by atoms with Gasteiger partial charge in [0.15, 0.2) is 5.75 Å². The van der Waals surface area contributed by atoms with Crippen molar-refractivity contribution >= 4 is 22.0 Å². The third kappa shape index (κ3) is 4.46. The van der Waals surface area contributed by atoms with Gasteiger partial charge in [0.2, 0.25) is 10.0 Å². The molecule has 1 atom stereocenters. The Morgan fingerprint density at radius 3 is 2.63 bits per heavy atom. The van der Waals surface area contributed by atoms with E-state index in [1.54, 1.807) is 6.92 Å². The van der Waals surface area contributed by atoms with Gasteiger partial charge in [-0.2, -0.15) is 0 Å². The van der Waals surface area contributed by atoms with Crippen molar-refractivity contribution in [3.63, 3.8) is 0 Å². The fraction of sp³-hybridized carbons (Fsp3) is 0.818. The van der Waals surface area contributed by atoms with Gasteiger partial charge in [0, 0.05) is 13.1 Å². The van der Waals surface area contributed by atoms with E-state index in [4.69, 9.17) is 0 Å². The van der Waals surface area contributed by atoms with E-state index in [9.17, 15) is 18.0 Å². The second-order valence-corrected chi connectivity index (χ2v) is 6.25. The molecule has 0 amide bonds. The lowest BCUT2D eigenvalue weighted by Crippen LogP contribution is -2.44. The number of rotatable bonds is 5. The Balaban J connectivity index is 2.67. The first-order chi connectivity index (χ1) is 8.90. The van der Waals surface area contributed by atoms with Crippen molar-refractivity contribution in [2.45, 2.75) is 19.8 Å². The molecule has 1 saturated heterocycles. The van der Waals surface area contributed by atoms with Crippen molar-refractivity contribution in [3.8, 4) is 0 Å². The first kappa shape index (κ1) is 15.9. The molecule has 0 bridgehead atoms. The topological polar surface area (TPSA) is 90.0 Å². The zero-order valence-electron chi connectivity index (χ0n) is 11.1. The molecule has 0 radical (unpaired) electrons. The SMILES string of the molecule is CCOC(=O)CS(=O)(=O)N1CCCC(C(=O)OC)C1. The minimum Gasteiger partial charge on any atom is -0.469 e. The molecule has 0 aromatic heterocycles. The summed E-state index contributed by atoms with van der Waals surface area (Å²) in [5, 5.41) is 0. The Morgan fingerprint density at radius 2 is 2.05 bits per heavy atom. The third-order valence-electron chi connectivity index (χ3n) is 2.92. The number of hydrogen-bond acceptors (Lipinski definition) is 6. The van der Waals surface area contributed by atoms with Gasteiger partial charge in [-0.15, -0.1) is 0 Å². The van der Waals surface area contributed by atoms with Crippen molar-refractivity contribution in [1.29, 1.82) is 0 Å². The number of carbonyl (C=O) groups is 2. The predicted molar refractivity (Wildman–Crippen MR) is 66.7 cm³/mol. The summed E-state index contributed by atoms with van der Waals surface area (Å²) in [7, 11) is -2.46. The monoisotopic (exact) mass is 293 g/mol. The maximum atomic E-state index is 12.0. The summed E-state index contributed by atoms with van der Waals surface area (Å²) in [6, 6.07) is 0. The van der Waals surface area contributed by atoms with Crippen LogP contribution in [-0.4, -0.2) is 57.2 Å². The van der Waals surface area contributed by atoms with Crippen LogP contribution in [0.4, 0.5) is 0 Å². The highest BCUT2D eigenvalue weighted by molar-refractivity contribution is 7.89. The molecule has 0 saturated carbocycles. The lowest BCUT2D eigenvalue weighted by atomic mass is 10.0. The van der Waals surface area contributed by atoms with Crippen LogP contribution in [-0.2, 0) is 29.1 Å². The van der Waals surface area contributed by atoms with Gasteiger partial charge < -0.3 is 9.47 Å². The zero-order valence-corrected chi connectivity index (χ0v) is 11.9. The molecular weight excluding hydrogens is 274 g/mol. The first-order valence-corrected chi connectivity index (χ1v) is 7.73. The summed E-state index contributed by atoms with van der Waals surface area (Å²) >= 11 is 0. The van der Waals surface area contributed by atoms with Gasteiger partial charge in [-0.05, 0) is 19.8 Å². The number of piperidine rings is 1. The first-order valence-electron chi connectivity index (χ1n) is 6.12. The Kier molecular flexibility index (Phi) is 5.74. The van der Waals surface area contributed by atoms with Crippen LogP contribution in [0.2, 0.25) is 0 Å². The predicted octanol–water partition coefficient (Wildman–Crippen LogP) is -0.236. The third-order valence-corrected chi connectivity index (χ3v) is 4.64. The molecule has 1 unspecified atom stereocenters. The van der Waals surface area contributed by atoms with E-state index in [2.05, 4.69) is 9.47 Å². The summed E-state index contributed by atoms with van der Waals surface area (Å²) in [4.78, 5) is 22.7. The summed E-state index contributed by atoms with van der Waals surface area (Å²) in [5.74, 6) is -2.34. The van der Waals surface area contributed by atoms with Crippen molar-refractivity contribution in [3.05, 3.63) is 0 Å². The summed E-state index contributed by atoms with van der Waals surface area (Å²) in [5.41, 5.74) is 0. The molecular formula is C11H19NO6S. The van der Waals surface area contributed by atoms with E-state index in [1.807, 2.05) is 0 Å². The number of nitrogens with zero attached hydrogens (tertiary/aromatic N) is 1. The standard InChI is InChI=1S/C11H19NO6S/c1-3-18-10(13)8-19(15,16)12-6-4-5-9(7-12)11(14)17-2/h9H,3-8H2,1-2H3. The largest absolute Gasteiger partial charge is 0.469 e. The van der Waals surface area contributed by atoms with Gasteiger partial charge in [0.25, 0.3) is 0 Å². The minimum atomic E-state index is -3.73. The van der Waals surface area contributed by atoms with E-state index >= 15 is 0 Å². The van der Waals surface area contributed by atoms with E-state index in [0.29, 0.717) is 19.4 Å². The average molecular weight is 293 g/mol. The highest BCUT2D eigenvalue weighted by atomic mass is 32.2. The zero-order chi connectivity index (χ0) is 14.5. The highest BCUT2D eigenvalue weighted by Gasteiger charge is 2.34. The van der Waals surface area contributed by atoms with Crippen LogP contribution in [0, 0.1) is 5.92 Å². The maximum Gasteiger partial charge on any atom is 0.322 e. The van der Waals surface area contributed by atoms with Gasteiger partial charge in [-0.1, -0.05) is 0 Å². The average Bonchev–Trinajstić information content (AvgIpc) is 2.37. The van der Waals surface area contributed by atoms with E-state index in [1.165, 1.54) is 7.11 Å². The van der Waals surface area contributed by atoms with Crippen molar-refractivity contribution in [2.75, 3.05) is 32.6 Å². The number of hydrogen-bond donors (Lipinski definition) is 0. The Bertz CT molecular complexity index is 432. The van der Waals surface area contributed by atoms with Crippen molar-refractivity contribution in [2.24, 2.45) is 5.92 Å². The van der Waals surface area contributed by atoms with E-state index in [-0.39, 0.29) is 13.2 Å². The molecule has 110 valence electrons. The Hall–Kier alpha value is -1.15. The fourth-order valence-electron chi connectivity index (χ4n) is 2.00. The van der Waals surface area contributed by atoms with E-state index < -0.39 is 33.6 Å². The molecule has 7 nitrogen and oxygen atoms in total. The molecule has 1 aliphatic heterocycles. The molecule has 0 aromatic carbocycles. The van der Waals surface area contributed by atoms with Crippen LogP contribution in [0.15, 0.2) is 0 Å². The van der Waals surface area contributed by atoms with Crippen molar-refractivity contribution in [1.82, 2.24) is 4.31 Å². The Labute approximate surface area is 112 Å². The normalized spacial score (nSPS) is 20.8. The molecule has 0 aromatic rings.